The number of carbonyl (C=O) groups is 4. The number of likely N-dealkylation sites (N-methyl/N-ethyl adjacent to an activating group) is 2. The minimum Gasteiger partial charge on any atom is -0.389 e. The van der Waals surface area contributed by atoms with Gasteiger partial charge in [-0.25, -0.2) is 0 Å². The van der Waals surface area contributed by atoms with E-state index in [-0.39, 0.29) is 5.91 Å². The molecule has 0 aliphatic carbocycles. The number of hydrogen-bond donors (Lipinski definition) is 5. The molecule has 250 valence electrons. The SMILES string of the molecule is CC(O)[C@@]12SS[C@]3(C(=O)N1C)[C@@H](O)[C@]1([C@@]45c6ccccc6N[C@@H]4N4C(=O)[C@@]6(C)SS[C@]4(C(=O)N6C)[C@H]5O)c4ccccc4N[C@@H]1N3C2=O. The van der Waals surface area contributed by atoms with Crippen LogP contribution in [0.15, 0.2) is 48.5 Å². The molecule has 17 heteroatoms. The number of amides is 4. The predicted octanol–water partition coefficient (Wildman–Crippen LogP) is 0.692. The summed E-state index contributed by atoms with van der Waals surface area (Å²) >= 11 is 0. The van der Waals surface area contributed by atoms with Crippen molar-refractivity contribution in [3.8, 4) is 0 Å². The van der Waals surface area contributed by atoms with Gasteiger partial charge >= 0.3 is 0 Å². The summed E-state index contributed by atoms with van der Waals surface area (Å²) < 4.78 is 0. The Kier molecular flexibility index (Phi) is 5.36. The highest BCUT2D eigenvalue weighted by Crippen LogP contribution is 2.78. The molecule has 2 spiro atoms. The Bertz CT molecular complexity index is 1950. The standard InChI is InChI=1S/C31H30N6O7S4/c1-13(38)29-25(44)37-21-28(15-10-6-8-12-17(15)33-21,19(40)31(37,48-46-29)24(43)35(29)4)27-14-9-5-7-11-16(14)32-20(27)36-22(41)26(2)34(3)23(42)30(36,18(27)39)47-45-26/h5-13,18-21,32-33,38-40H,1-4H3/t13?,18-,19-,20+,21+,26+,27+,28+,29-,30-,31-/m0/s1. The van der Waals surface area contributed by atoms with Gasteiger partial charge in [0.25, 0.3) is 23.6 Å². The van der Waals surface area contributed by atoms with Crippen LogP contribution >= 0.6 is 43.2 Å². The fourth-order valence-electron chi connectivity index (χ4n) is 10.2. The van der Waals surface area contributed by atoms with E-state index in [0.717, 1.165) is 32.4 Å². The Morgan fingerprint density at radius 2 is 1.15 bits per heavy atom. The van der Waals surface area contributed by atoms with E-state index in [1.165, 1.54) is 44.4 Å². The molecule has 10 aliphatic heterocycles. The Hall–Kier alpha value is -2.80. The number of benzene rings is 2. The molecule has 8 fully saturated rings. The van der Waals surface area contributed by atoms with Crippen molar-refractivity contribution in [1.82, 2.24) is 19.6 Å². The molecular formula is C31H30N6O7S4. The Morgan fingerprint density at radius 1 is 0.688 bits per heavy atom. The average molecular weight is 727 g/mol. The number of rotatable bonds is 2. The van der Waals surface area contributed by atoms with E-state index in [0.29, 0.717) is 22.5 Å². The van der Waals surface area contributed by atoms with Crippen molar-refractivity contribution in [3.05, 3.63) is 59.7 Å². The van der Waals surface area contributed by atoms with E-state index in [1.807, 2.05) is 36.4 Å². The van der Waals surface area contributed by atoms with Gasteiger partial charge in [0.2, 0.25) is 14.6 Å². The van der Waals surface area contributed by atoms with Crippen LogP contribution in [0.25, 0.3) is 0 Å². The lowest BCUT2D eigenvalue weighted by Gasteiger charge is -2.59. The maximum absolute atomic E-state index is 14.9. The second-order valence-electron chi connectivity index (χ2n) is 13.9. The molecular weight excluding hydrogens is 697 g/mol. The predicted molar refractivity (Wildman–Crippen MR) is 181 cm³/mol. The van der Waals surface area contributed by atoms with Gasteiger partial charge in [0.05, 0.1) is 16.9 Å². The maximum atomic E-state index is 14.9. The second-order valence-corrected chi connectivity index (χ2v) is 19.2. The summed E-state index contributed by atoms with van der Waals surface area (Å²) in [7, 11) is 7.46. The van der Waals surface area contributed by atoms with Crippen LogP contribution in [0, 0.1) is 0 Å². The number of piperazine rings is 2. The molecule has 0 saturated carbocycles. The highest BCUT2D eigenvalue weighted by atomic mass is 33.1. The Morgan fingerprint density at radius 3 is 1.67 bits per heavy atom. The molecule has 0 radical (unpaired) electrons. The summed E-state index contributed by atoms with van der Waals surface area (Å²) in [4.78, 5) is 57.8. The van der Waals surface area contributed by atoms with E-state index >= 15 is 0 Å². The van der Waals surface area contributed by atoms with Gasteiger partial charge in [-0.3, -0.25) is 29.0 Å². The molecule has 2 aromatic carbocycles. The molecule has 13 nitrogen and oxygen atoms in total. The van der Waals surface area contributed by atoms with Crippen molar-refractivity contribution in [2.45, 2.75) is 74.8 Å². The summed E-state index contributed by atoms with van der Waals surface area (Å²) in [5, 5.41) is 44.8. The van der Waals surface area contributed by atoms with Gasteiger partial charge < -0.3 is 35.8 Å². The number of para-hydroxylation sites is 2. The van der Waals surface area contributed by atoms with E-state index in [2.05, 4.69) is 10.6 Å². The molecule has 11 atom stereocenters. The van der Waals surface area contributed by atoms with Crippen LogP contribution in [0.1, 0.15) is 25.0 Å². The number of aliphatic hydroxyl groups is 3. The molecule has 4 bridgehead atoms. The van der Waals surface area contributed by atoms with E-state index in [1.54, 1.807) is 26.1 Å². The maximum Gasteiger partial charge on any atom is 0.266 e. The first-order valence-corrected chi connectivity index (χ1v) is 19.8. The molecule has 0 aromatic heterocycles. The molecule has 1 unspecified atom stereocenters. The first kappa shape index (κ1) is 30.1. The van der Waals surface area contributed by atoms with Gasteiger partial charge in [-0.2, -0.15) is 0 Å². The third kappa shape index (κ3) is 2.48. The number of aliphatic hydroxyl groups excluding tert-OH is 3. The van der Waals surface area contributed by atoms with Crippen LogP contribution in [-0.2, 0) is 30.0 Å². The van der Waals surface area contributed by atoms with Crippen LogP contribution in [0.4, 0.5) is 11.4 Å². The van der Waals surface area contributed by atoms with E-state index in [9.17, 15) is 34.5 Å². The third-order valence-electron chi connectivity index (χ3n) is 12.4. The fraction of sp³-hybridized carbons (Fsp3) is 0.484. The molecule has 12 rings (SSSR count). The lowest BCUT2D eigenvalue weighted by Crippen LogP contribution is -2.80. The third-order valence-corrected chi connectivity index (χ3v) is 19.8. The van der Waals surface area contributed by atoms with Crippen molar-refractivity contribution < 1.29 is 34.5 Å². The second kappa shape index (κ2) is 8.55. The molecule has 5 N–H and O–H groups in total. The first-order valence-electron chi connectivity index (χ1n) is 15.5. The van der Waals surface area contributed by atoms with Crippen molar-refractivity contribution in [1.29, 1.82) is 0 Å². The summed E-state index contributed by atoms with van der Waals surface area (Å²) in [5.41, 5.74) is -1.15. The fourth-order valence-corrected chi connectivity index (χ4v) is 17.7. The highest BCUT2D eigenvalue weighted by molar-refractivity contribution is 8.78. The van der Waals surface area contributed by atoms with Gasteiger partial charge in [-0.15, -0.1) is 0 Å². The van der Waals surface area contributed by atoms with Crippen LogP contribution in [0.2, 0.25) is 0 Å². The number of anilines is 2. The van der Waals surface area contributed by atoms with Crippen molar-refractivity contribution in [2.24, 2.45) is 0 Å². The monoisotopic (exact) mass is 726 g/mol. The first-order chi connectivity index (χ1) is 22.8. The van der Waals surface area contributed by atoms with Crippen molar-refractivity contribution in [2.75, 3.05) is 24.7 Å². The van der Waals surface area contributed by atoms with Crippen molar-refractivity contribution >= 4 is 78.2 Å². The molecule has 2 aromatic rings. The van der Waals surface area contributed by atoms with E-state index < -0.39 is 78.7 Å². The zero-order valence-electron chi connectivity index (χ0n) is 25.9. The van der Waals surface area contributed by atoms with Gasteiger partial charge in [0, 0.05) is 25.5 Å². The minimum absolute atomic E-state index is 0.374. The van der Waals surface area contributed by atoms with Crippen LogP contribution in [-0.4, -0.2) is 123 Å². The Balaban J connectivity index is 1.34. The zero-order valence-corrected chi connectivity index (χ0v) is 29.2. The number of nitrogens with zero attached hydrogens (tertiary/aromatic N) is 4. The van der Waals surface area contributed by atoms with Crippen molar-refractivity contribution in [3.63, 3.8) is 0 Å². The largest absolute Gasteiger partial charge is 0.389 e. The molecule has 4 amide bonds. The zero-order chi connectivity index (χ0) is 33.7. The Labute approximate surface area is 290 Å². The average Bonchev–Trinajstić information content (AvgIpc) is 3.72. The smallest absolute Gasteiger partial charge is 0.266 e. The van der Waals surface area contributed by atoms with E-state index in [4.69, 9.17) is 0 Å². The topological polar surface area (TPSA) is 166 Å². The van der Waals surface area contributed by atoms with Crippen LogP contribution in [0.5, 0.6) is 0 Å². The molecule has 10 heterocycles. The summed E-state index contributed by atoms with van der Waals surface area (Å²) in [6, 6.07) is 14.5. The normalized spacial score (nSPS) is 46.2. The molecule has 48 heavy (non-hydrogen) atoms. The molecule has 10 aliphatic rings. The summed E-state index contributed by atoms with van der Waals surface area (Å²) in [5.74, 6) is -1.94. The van der Waals surface area contributed by atoms with Gasteiger partial charge in [0.15, 0.2) is 4.87 Å². The number of hydrogen-bond acceptors (Lipinski definition) is 13. The minimum atomic E-state index is -1.88. The highest BCUT2D eigenvalue weighted by Gasteiger charge is 2.93. The number of nitrogens with one attached hydrogen (secondary N) is 2. The van der Waals surface area contributed by atoms with Gasteiger partial charge in [-0.05, 0) is 69.5 Å². The quantitative estimate of drug-likeness (QED) is 0.275. The lowest BCUT2D eigenvalue weighted by atomic mass is 9.52. The number of carbonyl (C=O) groups excluding carboxylic acids is 4. The molecule has 8 saturated heterocycles. The number of fused-ring (bicyclic) bond motifs is 11. The lowest BCUT2D eigenvalue weighted by molar-refractivity contribution is -0.172. The van der Waals surface area contributed by atoms with Crippen LogP contribution < -0.4 is 10.6 Å². The van der Waals surface area contributed by atoms with Gasteiger partial charge in [-0.1, -0.05) is 47.2 Å². The van der Waals surface area contributed by atoms with Crippen LogP contribution in [0.3, 0.4) is 0 Å². The van der Waals surface area contributed by atoms with Gasteiger partial charge in [0.1, 0.15) is 24.5 Å². The summed E-state index contributed by atoms with van der Waals surface area (Å²) in [6.45, 7) is 3.16. The summed E-state index contributed by atoms with van der Waals surface area (Å²) in [6.07, 6.45) is -6.80.